The molecule has 0 atom stereocenters. The second kappa shape index (κ2) is 6.41. The topological polar surface area (TPSA) is 15.3 Å². The maximum Gasteiger partial charge on any atom is 0.00682 e. The van der Waals surface area contributed by atoms with E-state index in [9.17, 15) is 0 Å². The summed E-state index contributed by atoms with van der Waals surface area (Å²) in [6.45, 7) is 11.8. The van der Waals surface area contributed by atoms with Crippen LogP contribution < -0.4 is 5.32 Å². The molecular weight excluding hydrogens is 172 g/mol. The molecule has 0 bridgehead atoms. The molecule has 0 unspecified atom stereocenters. The van der Waals surface area contributed by atoms with E-state index in [1.54, 1.807) is 0 Å². The van der Waals surface area contributed by atoms with Gasteiger partial charge in [0.1, 0.15) is 0 Å². The van der Waals surface area contributed by atoms with E-state index in [0.717, 1.165) is 12.0 Å². The molecule has 1 aliphatic rings. The predicted octanol–water partition coefficient (Wildman–Crippen LogP) is 2.11. The molecule has 1 saturated carbocycles. The highest BCUT2D eigenvalue weighted by molar-refractivity contribution is 4.80. The highest BCUT2D eigenvalue weighted by Crippen LogP contribution is 2.18. The smallest absolute Gasteiger partial charge is 0.00682 e. The zero-order valence-electron chi connectivity index (χ0n) is 10.1. The van der Waals surface area contributed by atoms with Crippen molar-refractivity contribution in [1.29, 1.82) is 0 Å². The molecule has 0 amide bonds. The Bertz CT molecular complexity index is 141. The summed E-state index contributed by atoms with van der Waals surface area (Å²) in [5.41, 5.74) is 0. The van der Waals surface area contributed by atoms with Crippen LogP contribution in [0, 0.1) is 5.92 Å². The van der Waals surface area contributed by atoms with Crippen molar-refractivity contribution in [2.45, 2.75) is 46.1 Å². The molecular formula is C12H26N2. The largest absolute Gasteiger partial charge is 0.314 e. The van der Waals surface area contributed by atoms with Crippen LogP contribution in [0.2, 0.25) is 0 Å². The fourth-order valence-corrected chi connectivity index (χ4v) is 1.79. The van der Waals surface area contributed by atoms with E-state index in [4.69, 9.17) is 0 Å². The van der Waals surface area contributed by atoms with E-state index in [2.05, 4.69) is 31.0 Å². The Morgan fingerprint density at radius 2 is 2.07 bits per heavy atom. The molecule has 0 aromatic heterocycles. The summed E-state index contributed by atoms with van der Waals surface area (Å²) >= 11 is 0. The second-order valence-corrected chi connectivity index (χ2v) is 4.87. The molecule has 14 heavy (non-hydrogen) atoms. The minimum Gasteiger partial charge on any atom is -0.314 e. The second-order valence-electron chi connectivity index (χ2n) is 4.87. The van der Waals surface area contributed by atoms with Gasteiger partial charge in [0.15, 0.2) is 0 Å². The molecule has 1 N–H and O–H groups in total. The Balaban J connectivity index is 1.95. The van der Waals surface area contributed by atoms with Crippen molar-refractivity contribution in [2.24, 2.45) is 5.92 Å². The summed E-state index contributed by atoms with van der Waals surface area (Å²) in [5, 5.41) is 3.56. The van der Waals surface area contributed by atoms with Crippen LogP contribution in [-0.2, 0) is 0 Å². The van der Waals surface area contributed by atoms with Gasteiger partial charge in [-0.25, -0.2) is 0 Å². The molecule has 0 aromatic carbocycles. The lowest BCUT2D eigenvalue weighted by Crippen LogP contribution is -2.31. The predicted molar refractivity (Wildman–Crippen MR) is 62.6 cm³/mol. The van der Waals surface area contributed by atoms with Crippen molar-refractivity contribution in [2.75, 3.05) is 26.2 Å². The van der Waals surface area contributed by atoms with E-state index < -0.39 is 0 Å². The molecule has 1 fully saturated rings. The fraction of sp³-hybridized carbons (Fsp3) is 1.00. The molecule has 1 aliphatic carbocycles. The van der Waals surface area contributed by atoms with Gasteiger partial charge in [0.05, 0.1) is 0 Å². The molecule has 1 rings (SSSR count). The lowest BCUT2D eigenvalue weighted by Gasteiger charge is -2.22. The molecule has 2 nitrogen and oxygen atoms in total. The van der Waals surface area contributed by atoms with Gasteiger partial charge in [0.2, 0.25) is 0 Å². The van der Waals surface area contributed by atoms with E-state index in [-0.39, 0.29) is 0 Å². The third kappa shape index (κ3) is 5.61. The summed E-state index contributed by atoms with van der Waals surface area (Å²) in [6, 6.07) is 0.871. The van der Waals surface area contributed by atoms with Crippen LogP contribution in [0.15, 0.2) is 0 Å². The monoisotopic (exact) mass is 198 g/mol. The van der Waals surface area contributed by atoms with Crippen LogP contribution in [0.5, 0.6) is 0 Å². The first-order chi connectivity index (χ1) is 6.72. The summed E-state index contributed by atoms with van der Waals surface area (Å²) < 4.78 is 0. The average Bonchev–Trinajstić information content (AvgIpc) is 2.93. The zero-order chi connectivity index (χ0) is 10.4. The van der Waals surface area contributed by atoms with Gasteiger partial charge >= 0.3 is 0 Å². The standard InChI is InChI=1S/C12H26N2/c1-4-14(10-11(2)3)9-5-8-13-12-6-7-12/h11-13H,4-10H2,1-3H3. The molecule has 84 valence electrons. The normalized spacial score (nSPS) is 16.9. The maximum absolute atomic E-state index is 3.56. The van der Waals surface area contributed by atoms with Gasteiger partial charge in [0, 0.05) is 12.6 Å². The highest BCUT2D eigenvalue weighted by atomic mass is 15.1. The van der Waals surface area contributed by atoms with Crippen LogP contribution in [0.4, 0.5) is 0 Å². The van der Waals surface area contributed by atoms with Crippen molar-refractivity contribution in [1.82, 2.24) is 10.2 Å². The van der Waals surface area contributed by atoms with E-state index >= 15 is 0 Å². The average molecular weight is 198 g/mol. The van der Waals surface area contributed by atoms with Gasteiger partial charge in [-0.3, -0.25) is 0 Å². The van der Waals surface area contributed by atoms with Crippen LogP contribution in [-0.4, -0.2) is 37.1 Å². The van der Waals surface area contributed by atoms with Gasteiger partial charge < -0.3 is 10.2 Å². The van der Waals surface area contributed by atoms with Crippen LogP contribution in [0.25, 0.3) is 0 Å². The fourth-order valence-electron chi connectivity index (χ4n) is 1.79. The Morgan fingerprint density at radius 3 is 2.57 bits per heavy atom. The van der Waals surface area contributed by atoms with Crippen molar-refractivity contribution in [3.63, 3.8) is 0 Å². The number of nitrogens with zero attached hydrogens (tertiary/aromatic N) is 1. The number of hydrogen-bond donors (Lipinski definition) is 1. The molecule has 0 heterocycles. The van der Waals surface area contributed by atoms with Gasteiger partial charge in [-0.1, -0.05) is 20.8 Å². The third-order valence-electron chi connectivity index (χ3n) is 2.73. The van der Waals surface area contributed by atoms with Crippen molar-refractivity contribution < 1.29 is 0 Å². The minimum absolute atomic E-state index is 0.798. The van der Waals surface area contributed by atoms with Crippen molar-refractivity contribution in [3.05, 3.63) is 0 Å². The molecule has 0 spiro atoms. The molecule has 2 heteroatoms. The first-order valence-electron chi connectivity index (χ1n) is 6.18. The van der Waals surface area contributed by atoms with Crippen molar-refractivity contribution in [3.8, 4) is 0 Å². The van der Waals surface area contributed by atoms with Gasteiger partial charge in [-0.05, 0) is 44.8 Å². The lowest BCUT2D eigenvalue weighted by atomic mass is 10.2. The number of hydrogen-bond acceptors (Lipinski definition) is 2. The Labute approximate surface area is 89.1 Å². The minimum atomic E-state index is 0.798. The van der Waals surface area contributed by atoms with E-state index in [1.165, 1.54) is 45.4 Å². The summed E-state index contributed by atoms with van der Waals surface area (Å²) in [7, 11) is 0. The first kappa shape index (κ1) is 12.0. The van der Waals surface area contributed by atoms with Crippen molar-refractivity contribution >= 4 is 0 Å². The Hall–Kier alpha value is -0.0800. The molecule has 0 aromatic rings. The molecule has 0 aliphatic heterocycles. The van der Waals surface area contributed by atoms with E-state index in [1.807, 2.05) is 0 Å². The third-order valence-corrected chi connectivity index (χ3v) is 2.73. The summed E-state index contributed by atoms with van der Waals surface area (Å²) in [5.74, 6) is 0.798. The van der Waals surface area contributed by atoms with Gasteiger partial charge in [0.25, 0.3) is 0 Å². The molecule has 0 radical (unpaired) electrons. The number of rotatable bonds is 8. The first-order valence-corrected chi connectivity index (χ1v) is 6.18. The SMILES string of the molecule is CCN(CCCNC1CC1)CC(C)C. The lowest BCUT2D eigenvalue weighted by molar-refractivity contribution is 0.252. The summed E-state index contributed by atoms with van der Waals surface area (Å²) in [4.78, 5) is 2.55. The number of nitrogens with one attached hydrogen (secondary N) is 1. The van der Waals surface area contributed by atoms with E-state index in [0.29, 0.717) is 0 Å². The molecule has 0 saturated heterocycles. The quantitative estimate of drug-likeness (QED) is 0.601. The van der Waals surface area contributed by atoms with Crippen LogP contribution in [0.1, 0.15) is 40.0 Å². The zero-order valence-corrected chi connectivity index (χ0v) is 10.1. The summed E-state index contributed by atoms with van der Waals surface area (Å²) in [6.07, 6.45) is 4.12. The Morgan fingerprint density at radius 1 is 1.36 bits per heavy atom. The van der Waals surface area contributed by atoms with Crippen LogP contribution >= 0.6 is 0 Å². The van der Waals surface area contributed by atoms with Crippen LogP contribution in [0.3, 0.4) is 0 Å². The van der Waals surface area contributed by atoms with Gasteiger partial charge in [-0.15, -0.1) is 0 Å². The van der Waals surface area contributed by atoms with Gasteiger partial charge in [-0.2, -0.15) is 0 Å². The highest BCUT2D eigenvalue weighted by Gasteiger charge is 2.19. The maximum atomic E-state index is 3.56. The Kier molecular flexibility index (Phi) is 5.49.